The fourth-order valence-electron chi connectivity index (χ4n) is 1.34. The van der Waals surface area contributed by atoms with E-state index in [1.165, 1.54) is 17.4 Å². The van der Waals surface area contributed by atoms with Gasteiger partial charge in [0, 0.05) is 4.70 Å². The van der Waals surface area contributed by atoms with Crippen molar-refractivity contribution < 1.29 is 4.92 Å². The zero-order valence-corrected chi connectivity index (χ0v) is 7.88. The van der Waals surface area contributed by atoms with Gasteiger partial charge in [-0.25, -0.2) is 0 Å². The molecule has 0 spiro atoms. The molecular formula is C8H7N3O2S. The normalized spacial score (nSPS) is 10.6. The van der Waals surface area contributed by atoms with Gasteiger partial charge < -0.3 is 11.5 Å². The van der Waals surface area contributed by atoms with Crippen molar-refractivity contribution in [3.63, 3.8) is 0 Å². The van der Waals surface area contributed by atoms with Crippen molar-refractivity contribution in [2.45, 2.75) is 0 Å². The Kier molecular flexibility index (Phi) is 1.78. The third-order valence-electron chi connectivity index (χ3n) is 1.91. The molecule has 0 bridgehead atoms. The van der Waals surface area contributed by atoms with Crippen LogP contribution in [-0.2, 0) is 0 Å². The number of hydrogen-bond donors (Lipinski definition) is 2. The third-order valence-corrected chi connectivity index (χ3v) is 2.83. The van der Waals surface area contributed by atoms with Gasteiger partial charge >= 0.3 is 5.69 Å². The maximum Gasteiger partial charge on any atom is 0.300 e. The Hall–Kier alpha value is -1.82. The highest BCUT2D eigenvalue weighted by atomic mass is 32.1. The molecule has 5 nitrogen and oxygen atoms in total. The van der Waals surface area contributed by atoms with Crippen molar-refractivity contribution in [2.24, 2.45) is 0 Å². The van der Waals surface area contributed by atoms with Gasteiger partial charge in [0.1, 0.15) is 5.69 Å². The van der Waals surface area contributed by atoms with E-state index >= 15 is 0 Å². The van der Waals surface area contributed by atoms with Crippen molar-refractivity contribution in [2.75, 3.05) is 11.5 Å². The minimum absolute atomic E-state index is 0.0598. The molecule has 6 heteroatoms. The molecule has 1 heterocycles. The summed E-state index contributed by atoms with van der Waals surface area (Å²) in [7, 11) is 0. The SMILES string of the molecule is Nc1cc2c([N+](=O)[O-])c(N)ccc2s1. The van der Waals surface area contributed by atoms with Crippen LogP contribution < -0.4 is 11.5 Å². The van der Waals surface area contributed by atoms with E-state index in [0.717, 1.165) is 4.70 Å². The molecule has 0 fully saturated rings. The van der Waals surface area contributed by atoms with Crippen LogP contribution in [0.5, 0.6) is 0 Å². The molecule has 0 aliphatic carbocycles. The lowest BCUT2D eigenvalue weighted by Gasteiger charge is -1.97. The smallest absolute Gasteiger partial charge is 0.300 e. The topological polar surface area (TPSA) is 95.2 Å². The van der Waals surface area contributed by atoms with Gasteiger partial charge in [-0.2, -0.15) is 0 Å². The highest BCUT2D eigenvalue weighted by molar-refractivity contribution is 7.22. The van der Waals surface area contributed by atoms with E-state index < -0.39 is 4.92 Å². The molecule has 2 rings (SSSR count). The maximum absolute atomic E-state index is 10.7. The number of nitrogens with zero attached hydrogens (tertiary/aromatic N) is 1. The highest BCUT2D eigenvalue weighted by Crippen LogP contribution is 2.37. The van der Waals surface area contributed by atoms with Crippen LogP contribution in [-0.4, -0.2) is 4.92 Å². The molecule has 1 aromatic heterocycles. The molecule has 14 heavy (non-hydrogen) atoms. The molecule has 2 aromatic rings. The second-order valence-electron chi connectivity index (χ2n) is 2.82. The molecule has 1 aromatic carbocycles. The van der Waals surface area contributed by atoms with Crippen LogP contribution in [0.2, 0.25) is 0 Å². The molecule has 0 saturated heterocycles. The third kappa shape index (κ3) is 1.16. The Morgan fingerprint density at radius 1 is 1.36 bits per heavy atom. The van der Waals surface area contributed by atoms with E-state index in [4.69, 9.17) is 11.5 Å². The molecule has 0 aliphatic rings. The van der Waals surface area contributed by atoms with Gasteiger partial charge in [0.15, 0.2) is 0 Å². The van der Waals surface area contributed by atoms with E-state index in [-0.39, 0.29) is 11.4 Å². The Balaban J connectivity index is 2.88. The Morgan fingerprint density at radius 2 is 2.07 bits per heavy atom. The van der Waals surface area contributed by atoms with Crippen LogP contribution in [0.15, 0.2) is 18.2 Å². The Labute approximate surface area is 83.1 Å². The number of nitro benzene ring substituents is 1. The van der Waals surface area contributed by atoms with E-state index in [9.17, 15) is 10.1 Å². The summed E-state index contributed by atoms with van der Waals surface area (Å²) in [5.74, 6) is 0. The zero-order valence-electron chi connectivity index (χ0n) is 7.06. The van der Waals surface area contributed by atoms with Crippen LogP contribution in [0.25, 0.3) is 10.1 Å². The highest BCUT2D eigenvalue weighted by Gasteiger charge is 2.17. The van der Waals surface area contributed by atoms with Crippen LogP contribution in [0.4, 0.5) is 16.4 Å². The van der Waals surface area contributed by atoms with Crippen molar-refractivity contribution >= 4 is 37.8 Å². The largest absolute Gasteiger partial charge is 0.393 e. The lowest BCUT2D eigenvalue weighted by atomic mass is 10.2. The number of hydrogen-bond acceptors (Lipinski definition) is 5. The first-order valence-corrected chi connectivity index (χ1v) is 4.63. The Morgan fingerprint density at radius 3 is 2.71 bits per heavy atom. The first kappa shape index (κ1) is 8.76. The van der Waals surface area contributed by atoms with Gasteiger partial charge in [-0.15, -0.1) is 11.3 Å². The number of nitrogens with two attached hydrogens (primary N) is 2. The van der Waals surface area contributed by atoms with Crippen molar-refractivity contribution in [3.05, 3.63) is 28.3 Å². The van der Waals surface area contributed by atoms with Gasteiger partial charge in [0.25, 0.3) is 0 Å². The van der Waals surface area contributed by atoms with Gasteiger partial charge in [-0.05, 0) is 18.2 Å². The Bertz CT molecular complexity index is 521. The number of fused-ring (bicyclic) bond motifs is 1. The minimum Gasteiger partial charge on any atom is -0.393 e. The summed E-state index contributed by atoms with van der Waals surface area (Å²) in [6.07, 6.45) is 0. The van der Waals surface area contributed by atoms with Crippen molar-refractivity contribution in [1.82, 2.24) is 0 Å². The number of anilines is 2. The van der Waals surface area contributed by atoms with Crippen molar-refractivity contribution in [3.8, 4) is 0 Å². The van der Waals surface area contributed by atoms with Gasteiger partial charge in [-0.3, -0.25) is 10.1 Å². The maximum atomic E-state index is 10.7. The summed E-state index contributed by atoms with van der Waals surface area (Å²) in [6.45, 7) is 0. The summed E-state index contributed by atoms with van der Waals surface area (Å²) in [5, 5.41) is 11.8. The number of nitrogen functional groups attached to an aromatic ring is 2. The monoisotopic (exact) mass is 209 g/mol. The molecular weight excluding hydrogens is 202 g/mol. The van der Waals surface area contributed by atoms with Crippen LogP contribution >= 0.6 is 11.3 Å². The van der Waals surface area contributed by atoms with Gasteiger partial charge in [0.2, 0.25) is 0 Å². The fraction of sp³-hybridized carbons (Fsp3) is 0. The van der Waals surface area contributed by atoms with Crippen LogP contribution in [0, 0.1) is 10.1 Å². The first-order chi connectivity index (χ1) is 6.59. The van der Waals surface area contributed by atoms with E-state index in [2.05, 4.69) is 0 Å². The lowest BCUT2D eigenvalue weighted by Crippen LogP contribution is -1.95. The average Bonchev–Trinajstić information content (AvgIpc) is 2.43. The first-order valence-electron chi connectivity index (χ1n) is 3.81. The molecule has 0 amide bonds. The molecule has 0 unspecified atom stereocenters. The molecule has 0 saturated carbocycles. The zero-order chi connectivity index (χ0) is 10.3. The average molecular weight is 209 g/mol. The standard InChI is InChI=1S/C8H7N3O2S/c9-5-1-2-6-4(3-7(10)14-6)8(5)11(12)13/h1-3H,9-10H2. The summed E-state index contributed by atoms with van der Waals surface area (Å²) >= 11 is 1.31. The van der Waals surface area contributed by atoms with Crippen LogP contribution in [0.1, 0.15) is 0 Å². The number of rotatable bonds is 1. The van der Waals surface area contributed by atoms with Gasteiger partial charge in [-0.1, -0.05) is 0 Å². The number of nitro groups is 1. The minimum atomic E-state index is -0.482. The predicted octanol–water partition coefficient (Wildman–Crippen LogP) is 1.97. The molecule has 0 atom stereocenters. The fourth-order valence-corrected chi connectivity index (χ4v) is 2.17. The second-order valence-corrected chi connectivity index (χ2v) is 3.94. The van der Waals surface area contributed by atoms with E-state index in [0.29, 0.717) is 10.4 Å². The van der Waals surface area contributed by atoms with Crippen LogP contribution in [0.3, 0.4) is 0 Å². The summed E-state index contributed by atoms with van der Waals surface area (Å²) in [4.78, 5) is 10.3. The van der Waals surface area contributed by atoms with Gasteiger partial charge in [0.05, 0.1) is 15.3 Å². The molecule has 72 valence electrons. The molecule has 4 N–H and O–H groups in total. The van der Waals surface area contributed by atoms with Crippen molar-refractivity contribution in [1.29, 1.82) is 0 Å². The number of thiophene rings is 1. The molecule has 0 radical (unpaired) electrons. The summed E-state index contributed by atoms with van der Waals surface area (Å²) in [6, 6.07) is 4.84. The predicted molar refractivity (Wildman–Crippen MR) is 57.3 cm³/mol. The lowest BCUT2D eigenvalue weighted by molar-refractivity contribution is -0.382. The quantitative estimate of drug-likeness (QED) is 0.426. The molecule has 0 aliphatic heterocycles. The second kappa shape index (κ2) is 2.85. The van der Waals surface area contributed by atoms with E-state index in [1.54, 1.807) is 12.1 Å². The summed E-state index contributed by atoms with van der Waals surface area (Å²) < 4.78 is 0.781. The van der Waals surface area contributed by atoms with E-state index in [1.807, 2.05) is 0 Å². The summed E-state index contributed by atoms with van der Waals surface area (Å²) in [5.41, 5.74) is 11.2. The number of benzene rings is 1.